The van der Waals surface area contributed by atoms with Gasteiger partial charge in [0.1, 0.15) is 0 Å². The molecule has 0 amide bonds. The van der Waals surface area contributed by atoms with Gasteiger partial charge in [-0.3, -0.25) is 0 Å². The first-order chi connectivity index (χ1) is 12.7. The molecule has 0 N–H and O–H groups in total. The number of hydrogen-bond acceptors (Lipinski definition) is 3. The maximum absolute atomic E-state index is 5.86. The molecular weight excluding hydrogens is 348 g/mol. The van der Waals surface area contributed by atoms with E-state index in [1.54, 1.807) is 0 Å². The van der Waals surface area contributed by atoms with Crippen LogP contribution in [0.25, 0.3) is 0 Å². The SMILES string of the molecule is CC(C)CCOCCCCOCCCCCCOCc1ccc(Cl)cc1. The molecule has 1 aromatic carbocycles. The average molecular weight is 385 g/mol. The lowest BCUT2D eigenvalue weighted by atomic mass is 10.1. The van der Waals surface area contributed by atoms with Crippen LogP contribution in [0.4, 0.5) is 0 Å². The Morgan fingerprint density at radius 1 is 0.692 bits per heavy atom. The molecule has 0 heterocycles. The Morgan fingerprint density at radius 2 is 1.19 bits per heavy atom. The molecule has 0 aliphatic heterocycles. The van der Waals surface area contributed by atoms with Crippen LogP contribution in [0.2, 0.25) is 5.02 Å². The standard InChI is InChI=1S/C22H37ClO3/c1-20(2)13-18-25-16-8-7-15-24-14-5-3-4-6-17-26-19-21-9-11-22(23)12-10-21/h9-12,20H,3-8,13-19H2,1-2H3. The zero-order valence-corrected chi connectivity index (χ0v) is 17.4. The fourth-order valence-corrected chi connectivity index (χ4v) is 2.59. The normalized spacial score (nSPS) is 11.4. The van der Waals surface area contributed by atoms with E-state index < -0.39 is 0 Å². The van der Waals surface area contributed by atoms with E-state index in [0.717, 1.165) is 76.1 Å². The van der Waals surface area contributed by atoms with Gasteiger partial charge >= 0.3 is 0 Å². The third-order valence-electron chi connectivity index (χ3n) is 4.18. The molecule has 1 aromatic rings. The van der Waals surface area contributed by atoms with E-state index in [-0.39, 0.29) is 0 Å². The van der Waals surface area contributed by atoms with Gasteiger partial charge < -0.3 is 14.2 Å². The maximum atomic E-state index is 5.86. The third kappa shape index (κ3) is 14.5. The summed E-state index contributed by atoms with van der Waals surface area (Å²) in [6.45, 7) is 9.44. The largest absolute Gasteiger partial charge is 0.381 e. The van der Waals surface area contributed by atoms with E-state index in [4.69, 9.17) is 25.8 Å². The molecule has 150 valence electrons. The van der Waals surface area contributed by atoms with Gasteiger partial charge in [-0.1, -0.05) is 50.4 Å². The fourth-order valence-electron chi connectivity index (χ4n) is 2.46. The lowest BCUT2D eigenvalue weighted by Gasteiger charge is -2.07. The van der Waals surface area contributed by atoms with Gasteiger partial charge in [0.2, 0.25) is 0 Å². The van der Waals surface area contributed by atoms with Crippen molar-refractivity contribution in [3.63, 3.8) is 0 Å². The summed E-state index contributed by atoms with van der Waals surface area (Å²) in [6.07, 6.45) is 8.02. The van der Waals surface area contributed by atoms with E-state index in [9.17, 15) is 0 Å². The second-order valence-electron chi connectivity index (χ2n) is 7.21. The first kappa shape index (κ1) is 23.4. The Bertz CT molecular complexity index is 420. The summed E-state index contributed by atoms with van der Waals surface area (Å²) >= 11 is 5.86. The summed E-state index contributed by atoms with van der Waals surface area (Å²) in [7, 11) is 0. The van der Waals surface area contributed by atoms with Crippen LogP contribution in [0.5, 0.6) is 0 Å². The maximum Gasteiger partial charge on any atom is 0.0716 e. The summed E-state index contributed by atoms with van der Waals surface area (Å²) in [5.74, 6) is 0.730. The van der Waals surface area contributed by atoms with Gasteiger partial charge in [0.25, 0.3) is 0 Å². The summed E-state index contributed by atoms with van der Waals surface area (Å²) < 4.78 is 17.0. The minimum atomic E-state index is 0.668. The Morgan fingerprint density at radius 3 is 1.77 bits per heavy atom. The summed E-state index contributed by atoms with van der Waals surface area (Å²) in [5, 5.41) is 0.769. The molecule has 0 saturated heterocycles. The van der Waals surface area contributed by atoms with Crippen LogP contribution in [0.1, 0.15) is 64.4 Å². The average Bonchev–Trinajstić information content (AvgIpc) is 2.62. The number of unbranched alkanes of at least 4 members (excludes halogenated alkanes) is 4. The summed E-state index contributed by atoms with van der Waals surface area (Å²) in [6, 6.07) is 7.83. The number of hydrogen-bond donors (Lipinski definition) is 0. The van der Waals surface area contributed by atoms with Crippen molar-refractivity contribution < 1.29 is 14.2 Å². The highest BCUT2D eigenvalue weighted by Gasteiger charge is 1.96. The van der Waals surface area contributed by atoms with Crippen molar-refractivity contribution in [3.8, 4) is 0 Å². The van der Waals surface area contributed by atoms with Crippen molar-refractivity contribution in [2.24, 2.45) is 5.92 Å². The molecule has 0 radical (unpaired) electrons. The van der Waals surface area contributed by atoms with Crippen molar-refractivity contribution >= 4 is 11.6 Å². The number of ether oxygens (including phenoxy) is 3. The van der Waals surface area contributed by atoms with Crippen LogP contribution in [0.3, 0.4) is 0 Å². The van der Waals surface area contributed by atoms with Crippen LogP contribution in [0, 0.1) is 5.92 Å². The Kier molecular flexibility index (Phi) is 14.9. The Labute approximate surface area is 165 Å². The van der Waals surface area contributed by atoms with Crippen molar-refractivity contribution in [1.29, 1.82) is 0 Å². The topological polar surface area (TPSA) is 27.7 Å². The van der Waals surface area contributed by atoms with Crippen molar-refractivity contribution in [2.75, 3.05) is 33.0 Å². The van der Waals surface area contributed by atoms with Crippen LogP contribution in [-0.2, 0) is 20.8 Å². The zero-order valence-electron chi connectivity index (χ0n) is 16.7. The van der Waals surface area contributed by atoms with Gasteiger partial charge in [0, 0.05) is 38.1 Å². The monoisotopic (exact) mass is 384 g/mol. The van der Waals surface area contributed by atoms with E-state index in [2.05, 4.69) is 13.8 Å². The molecule has 0 aliphatic rings. The molecule has 0 aliphatic carbocycles. The van der Waals surface area contributed by atoms with Crippen molar-refractivity contribution in [3.05, 3.63) is 34.9 Å². The van der Waals surface area contributed by atoms with Crippen molar-refractivity contribution in [1.82, 2.24) is 0 Å². The molecule has 1 rings (SSSR count). The predicted molar refractivity (Wildman–Crippen MR) is 110 cm³/mol. The first-order valence-electron chi connectivity index (χ1n) is 10.2. The number of benzene rings is 1. The molecule has 0 unspecified atom stereocenters. The predicted octanol–water partition coefficient (Wildman–Crippen LogP) is 6.28. The van der Waals surface area contributed by atoms with E-state index in [0.29, 0.717) is 6.61 Å². The van der Waals surface area contributed by atoms with Crippen LogP contribution >= 0.6 is 11.6 Å². The van der Waals surface area contributed by atoms with Gasteiger partial charge in [0.15, 0.2) is 0 Å². The minimum Gasteiger partial charge on any atom is -0.381 e. The Hall–Kier alpha value is -0.610. The van der Waals surface area contributed by atoms with Gasteiger partial charge in [-0.15, -0.1) is 0 Å². The molecule has 0 aromatic heterocycles. The minimum absolute atomic E-state index is 0.668. The second-order valence-corrected chi connectivity index (χ2v) is 7.64. The molecule has 0 bridgehead atoms. The van der Waals surface area contributed by atoms with Crippen LogP contribution in [0.15, 0.2) is 24.3 Å². The smallest absolute Gasteiger partial charge is 0.0716 e. The highest BCUT2D eigenvalue weighted by atomic mass is 35.5. The van der Waals surface area contributed by atoms with Gasteiger partial charge in [-0.25, -0.2) is 0 Å². The van der Waals surface area contributed by atoms with Crippen molar-refractivity contribution in [2.45, 2.75) is 65.4 Å². The molecule has 0 atom stereocenters. The molecule has 0 saturated carbocycles. The molecule has 0 spiro atoms. The van der Waals surface area contributed by atoms with Crippen LogP contribution < -0.4 is 0 Å². The lowest BCUT2D eigenvalue weighted by molar-refractivity contribution is 0.0951. The van der Waals surface area contributed by atoms with Crippen LogP contribution in [-0.4, -0.2) is 33.0 Å². The quantitative estimate of drug-likeness (QED) is 0.296. The van der Waals surface area contributed by atoms with Gasteiger partial charge in [-0.2, -0.15) is 0 Å². The Balaban J connectivity index is 1.74. The lowest BCUT2D eigenvalue weighted by Crippen LogP contribution is -2.03. The molecule has 4 heteroatoms. The van der Waals surface area contributed by atoms with E-state index in [1.807, 2.05) is 24.3 Å². The fraction of sp³-hybridized carbons (Fsp3) is 0.727. The number of halogens is 1. The summed E-state index contributed by atoms with van der Waals surface area (Å²) in [4.78, 5) is 0. The molecule has 26 heavy (non-hydrogen) atoms. The summed E-state index contributed by atoms with van der Waals surface area (Å²) in [5.41, 5.74) is 1.17. The third-order valence-corrected chi connectivity index (χ3v) is 4.43. The highest BCUT2D eigenvalue weighted by molar-refractivity contribution is 6.30. The zero-order chi connectivity index (χ0) is 18.9. The first-order valence-corrected chi connectivity index (χ1v) is 10.5. The van der Waals surface area contributed by atoms with E-state index in [1.165, 1.54) is 18.4 Å². The highest BCUT2D eigenvalue weighted by Crippen LogP contribution is 2.10. The molecular formula is C22H37ClO3. The van der Waals surface area contributed by atoms with E-state index >= 15 is 0 Å². The molecule has 3 nitrogen and oxygen atoms in total. The van der Waals surface area contributed by atoms with Gasteiger partial charge in [-0.05, 0) is 55.7 Å². The number of rotatable bonds is 17. The molecule has 0 fully saturated rings. The second kappa shape index (κ2) is 16.6. The van der Waals surface area contributed by atoms with Gasteiger partial charge in [0.05, 0.1) is 6.61 Å².